The van der Waals surface area contributed by atoms with E-state index in [1.807, 2.05) is 37.3 Å². The minimum Gasteiger partial charge on any atom is -0.321 e. The van der Waals surface area contributed by atoms with Gasteiger partial charge in [-0.2, -0.15) is 5.10 Å². The molecule has 0 saturated carbocycles. The average Bonchev–Trinajstić information content (AvgIpc) is 3.04. The highest BCUT2D eigenvalue weighted by Gasteiger charge is 2.19. The van der Waals surface area contributed by atoms with Gasteiger partial charge in [0.2, 0.25) is 0 Å². The van der Waals surface area contributed by atoms with Crippen molar-refractivity contribution in [3.8, 4) is 5.69 Å². The van der Waals surface area contributed by atoms with Gasteiger partial charge in [-0.25, -0.2) is 9.67 Å². The fraction of sp³-hybridized carbons (Fsp3) is 0.0952. The van der Waals surface area contributed by atoms with E-state index in [-0.39, 0.29) is 11.3 Å². The highest BCUT2D eigenvalue weighted by Crippen LogP contribution is 2.25. The van der Waals surface area contributed by atoms with Gasteiger partial charge >= 0.3 is 0 Å². The molecule has 1 amide bonds. The van der Waals surface area contributed by atoms with Crippen molar-refractivity contribution < 1.29 is 9.72 Å². The van der Waals surface area contributed by atoms with Crippen LogP contribution in [0.5, 0.6) is 0 Å². The Morgan fingerprint density at radius 2 is 1.86 bits per heavy atom. The second-order valence-corrected chi connectivity index (χ2v) is 6.59. The van der Waals surface area contributed by atoms with E-state index >= 15 is 0 Å². The van der Waals surface area contributed by atoms with Crippen LogP contribution < -0.4 is 5.32 Å². The normalized spacial score (nSPS) is 10.8. The summed E-state index contributed by atoms with van der Waals surface area (Å²) in [5, 5.41) is 19.2. The molecule has 0 aliphatic heterocycles. The maximum absolute atomic E-state index is 12.7. The third-order valence-corrected chi connectivity index (χ3v) is 4.71. The van der Waals surface area contributed by atoms with Gasteiger partial charge in [-0.05, 0) is 38.1 Å². The summed E-state index contributed by atoms with van der Waals surface area (Å²) in [7, 11) is 0. The first-order valence-corrected chi connectivity index (χ1v) is 8.92. The SMILES string of the molecule is Cc1c(C(=O)Nc2cnc3c(c2)c(C)nn3-c2ccccc2)cccc1[N+](=O)[O-]. The first-order valence-electron chi connectivity index (χ1n) is 8.92. The summed E-state index contributed by atoms with van der Waals surface area (Å²) in [6.45, 7) is 3.43. The van der Waals surface area contributed by atoms with Crippen molar-refractivity contribution >= 4 is 28.3 Å². The van der Waals surface area contributed by atoms with E-state index < -0.39 is 10.8 Å². The summed E-state index contributed by atoms with van der Waals surface area (Å²) in [6, 6.07) is 15.9. The molecule has 0 spiro atoms. The Labute approximate surface area is 166 Å². The molecule has 0 fully saturated rings. The number of carbonyl (C=O) groups is 1. The van der Waals surface area contributed by atoms with E-state index in [1.165, 1.54) is 12.1 Å². The number of hydrogen-bond donors (Lipinski definition) is 1. The number of anilines is 1. The largest absolute Gasteiger partial charge is 0.321 e. The minimum absolute atomic E-state index is 0.0915. The van der Waals surface area contributed by atoms with Crippen LogP contribution >= 0.6 is 0 Å². The highest BCUT2D eigenvalue weighted by atomic mass is 16.6. The molecule has 0 saturated heterocycles. The topological polar surface area (TPSA) is 103 Å². The quantitative estimate of drug-likeness (QED) is 0.418. The third kappa shape index (κ3) is 3.31. The zero-order chi connectivity index (χ0) is 20.5. The van der Waals surface area contributed by atoms with Crippen LogP contribution in [-0.2, 0) is 0 Å². The lowest BCUT2D eigenvalue weighted by Crippen LogP contribution is -2.14. The van der Waals surface area contributed by atoms with Crippen LogP contribution in [-0.4, -0.2) is 25.6 Å². The summed E-state index contributed by atoms with van der Waals surface area (Å²) in [4.78, 5) is 27.8. The van der Waals surface area contributed by atoms with Gasteiger partial charge in [-0.15, -0.1) is 0 Å². The fourth-order valence-corrected chi connectivity index (χ4v) is 3.23. The zero-order valence-electron chi connectivity index (χ0n) is 15.8. The number of carbonyl (C=O) groups excluding carboxylic acids is 1. The van der Waals surface area contributed by atoms with E-state index in [2.05, 4.69) is 15.4 Å². The van der Waals surface area contributed by atoms with Crippen molar-refractivity contribution in [1.82, 2.24) is 14.8 Å². The smallest absolute Gasteiger partial charge is 0.273 e. The lowest BCUT2D eigenvalue weighted by Gasteiger charge is -2.08. The molecule has 8 heteroatoms. The van der Waals surface area contributed by atoms with Gasteiger partial charge in [0.1, 0.15) is 0 Å². The maximum Gasteiger partial charge on any atom is 0.273 e. The van der Waals surface area contributed by atoms with Crippen molar-refractivity contribution in [3.63, 3.8) is 0 Å². The highest BCUT2D eigenvalue weighted by molar-refractivity contribution is 6.06. The number of amides is 1. The predicted molar refractivity (Wildman–Crippen MR) is 109 cm³/mol. The predicted octanol–water partition coefficient (Wildman–Crippen LogP) is 4.20. The van der Waals surface area contributed by atoms with Crippen LogP contribution in [0.2, 0.25) is 0 Å². The lowest BCUT2D eigenvalue weighted by atomic mass is 10.1. The number of nitrogens with one attached hydrogen (secondary N) is 1. The van der Waals surface area contributed by atoms with Gasteiger partial charge in [-0.3, -0.25) is 14.9 Å². The molecule has 0 atom stereocenters. The number of rotatable bonds is 4. The number of fused-ring (bicyclic) bond motifs is 1. The van der Waals surface area contributed by atoms with Crippen LogP contribution in [0.3, 0.4) is 0 Å². The second-order valence-electron chi connectivity index (χ2n) is 6.59. The number of pyridine rings is 1. The Bertz CT molecular complexity index is 1250. The average molecular weight is 387 g/mol. The van der Waals surface area contributed by atoms with Crippen molar-refractivity contribution in [2.45, 2.75) is 13.8 Å². The molecular weight excluding hydrogens is 370 g/mol. The van der Waals surface area contributed by atoms with E-state index in [4.69, 9.17) is 0 Å². The number of nitro groups is 1. The zero-order valence-corrected chi connectivity index (χ0v) is 15.8. The molecule has 4 rings (SSSR count). The van der Waals surface area contributed by atoms with Gasteiger partial charge < -0.3 is 5.32 Å². The van der Waals surface area contributed by atoms with Crippen molar-refractivity contribution in [2.75, 3.05) is 5.32 Å². The number of nitrogens with zero attached hydrogens (tertiary/aromatic N) is 4. The molecule has 2 aromatic heterocycles. The Hall–Kier alpha value is -4.07. The van der Waals surface area contributed by atoms with Crippen LogP contribution in [0.25, 0.3) is 16.7 Å². The molecule has 0 bridgehead atoms. The fourth-order valence-electron chi connectivity index (χ4n) is 3.23. The first-order chi connectivity index (χ1) is 14.0. The van der Waals surface area contributed by atoms with E-state index in [1.54, 1.807) is 29.9 Å². The number of para-hydroxylation sites is 1. The summed E-state index contributed by atoms with van der Waals surface area (Å²) in [6.07, 6.45) is 1.55. The summed E-state index contributed by atoms with van der Waals surface area (Å²) < 4.78 is 1.75. The maximum atomic E-state index is 12.7. The molecular formula is C21H17N5O3. The molecule has 0 aliphatic carbocycles. The minimum atomic E-state index is -0.499. The van der Waals surface area contributed by atoms with Crippen molar-refractivity contribution in [3.05, 3.63) is 87.7 Å². The van der Waals surface area contributed by atoms with E-state index in [0.29, 0.717) is 16.9 Å². The number of nitro benzene ring substituents is 1. The summed E-state index contributed by atoms with van der Waals surface area (Å²) >= 11 is 0. The monoisotopic (exact) mass is 387 g/mol. The molecule has 4 aromatic rings. The van der Waals surface area contributed by atoms with Crippen LogP contribution in [0.15, 0.2) is 60.8 Å². The molecule has 1 N–H and O–H groups in total. The van der Waals surface area contributed by atoms with E-state index in [9.17, 15) is 14.9 Å². The number of aryl methyl sites for hydroxylation is 1. The Morgan fingerprint density at radius 3 is 2.59 bits per heavy atom. The summed E-state index contributed by atoms with van der Waals surface area (Å²) in [5.41, 5.74) is 3.31. The Balaban J connectivity index is 1.68. The van der Waals surface area contributed by atoms with Gasteiger partial charge in [-0.1, -0.05) is 24.3 Å². The van der Waals surface area contributed by atoms with Gasteiger partial charge in [0, 0.05) is 22.6 Å². The Morgan fingerprint density at radius 1 is 1.10 bits per heavy atom. The number of hydrogen-bond acceptors (Lipinski definition) is 5. The first kappa shape index (κ1) is 18.3. The number of aromatic nitrogens is 3. The molecule has 0 aliphatic rings. The molecule has 144 valence electrons. The molecule has 8 nitrogen and oxygen atoms in total. The molecule has 2 heterocycles. The number of benzene rings is 2. The van der Waals surface area contributed by atoms with Gasteiger partial charge in [0.05, 0.1) is 28.2 Å². The lowest BCUT2D eigenvalue weighted by molar-refractivity contribution is -0.385. The van der Waals surface area contributed by atoms with Crippen molar-refractivity contribution in [2.24, 2.45) is 0 Å². The van der Waals surface area contributed by atoms with Gasteiger partial charge in [0.25, 0.3) is 11.6 Å². The summed E-state index contributed by atoms with van der Waals surface area (Å²) in [5.74, 6) is -0.430. The van der Waals surface area contributed by atoms with Gasteiger partial charge in [0.15, 0.2) is 5.65 Å². The van der Waals surface area contributed by atoms with Crippen molar-refractivity contribution in [1.29, 1.82) is 0 Å². The molecule has 2 aromatic carbocycles. The van der Waals surface area contributed by atoms with Crippen LogP contribution in [0, 0.1) is 24.0 Å². The standard InChI is InChI=1S/C21H17N5O3/c1-13-17(9-6-10-19(13)26(28)29)21(27)23-15-11-18-14(2)24-25(20(18)22-12-15)16-7-4-3-5-8-16/h3-12H,1-2H3,(H,23,27). The Kier molecular flexibility index (Phi) is 4.52. The van der Waals surface area contributed by atoms with Crippen LogP contribution in [0.1, 0.15) is 21.6 Å². The third-order valence-electron chi connectivity index (χ3n) is 4.71. The second kappa shape index (κ2) is 7.16. The van der Waals surface area contributed by atoms with Crippen LogP contribution in [0.4, 0.5) is 11.4 Å². The molecule has 0 radical (unpaired) electrons. The molecule has 29 heavy (non-hydrogen) atoms. The molecule has 0 unspecified atom stereocenters. The van der Waals surface area contributed by atoms with E-state index in [0.717, 1.165) is 16.8 Å².